The molecule has 0 spiro atoms. The third kappa shape index (κ3) is 3.76. The number of rotatable bonds is 5. The van der Waals surface area contributed by atoms with Crippen molar-refractivity contribution in [2.75, 3.05) is 26.9 Å². The van der Waals surface area contributed by atoms with Crippen LogP contribution in [-0.2, 0) is 9.53 Å². The molecule has 2 rings (SSSR count). The molecule has 1 unspecified atom stereocenters. The molecular weight excluding hydrogens is 266 g/mol. The summed E-state index contributed by atoms with van der Waals surface area (Å²) in [4.78, 5) is 14.7. The lowest BCUT2D eigenvalue weighted by atomic mass is 9.96. The van der Waals surface area contributed by atoms with E-state index < -0.39 is 0 Å². The summed E-state index contributed by atoms with van der Waals surface area (Å²) in [5.74, 6) is 1.18. The normalized spacial score (nSPS) is 17.3. The molecule has 116 valence electrons. The molecule has 0 saturated carbocycles. The quantitative estimate of drug-likeness (QED) is 0.837. The SMILES string of the molecule is CCN(C(=O)C1CCOCC1)C(C)c1cccc(OC)c1. The maximum atomic E-state index is 12.7. The van der Waals surface area contributed by atoms with Crippen molar-refractivity contribution >= 4 is 5.91 Å². The zero-order valence-corrected chi connectivity index (χ0v) is 13.2. The standard InChI is InChI=1S/C17H25NO3/c1-4-18(17(19)14-8-10-21-11-9-14)13(2)15-6-5-7-16(12-15)20-3/h5-7,12-14H,4,8-11H2,1-3H3. The van der Waals surface area contributed by atoms with Gasteiger partial charge in [-0.15, -0.1) is 0 Å². The van der Waals surface area contributed by atoms with Crippen LogP contribution in [0.1, 0.15) is 38.3 Å². The van der Waals surface area contributed by atoms with E-state index in [1.807, 2.05) is 36.1 Å². The van der Waals surface area contributed by atoms with Crippen LogP contribution in [-0.4, -0.2) is 37.7 Å². The van der Waals surface area contributed by atoms with Gasteiger partial charge < -0.3 is 14.4 Å². The van der Waals surface area contributed by atoms with Crippen molar-refractivity contribution in [2.24, 2.45) is 5.92 Å². The summed E-state index contributed by atoms with van der Waals surface area (Å²) in [5, 5.41) is 0. The van der Waals surface area contributed by atoms with Gasteiger partial charge >= 0.3 is 0 Å². The van der Waals surface area contributed by atoms with Crippen LogP contribution >= 0.6 is 0 Å². The van der Waals surface area contributed by atoms with Crippen LogP contribution in [0, 0.1) is 5.92 Å². The van der Waals surface area contributed by atoms with E-state index in [9.17, 15) is 4.79 Å². The first kappa shape index (κ1) is 15.8. The molecule has 1 aliphatic heterocycles. The van der Waals surface area contributed by atoms with Gasteiger partial charge in [0.1, 0.15) is 5.75 Å². The molecule has 1 atom stereocenters. The fraction of sp³-hybridized carbons (Fsp3) is 0.588. The fourth-order valence-electron chi connectivity index (χ4n) is 2.88. The smallest absolute Gasteiger partial charge is 0.226 e. The second-order valence-electron chi connectivity index (χ2n) is 5.46. The molecule has 1 aromatic carbocycles. The minimum Gasteiger partial charge on any atom is -0.497 e. The van der Waals surface area contributed by atoms with Crippen LogP contribution in [0.4, 0.5) is 0 Å². The molecule has 1 fully saturated rings. The van der Waals surface area contributed by atoms with E-state index in [0.717, 1.165) is 24.2 Å². The Morgan fingerprint density at radius 2 is 2.14 bits per heavy atom. The Morgan fingerprint density at radius 3 is 2.76 bits per heavy atom. The summed E-state index contributed by atoms with van der Waals surface area (Å²) >= 11 is 0. The molecule has 1 aliphatic rings. The first-order valence-electron chi connectivity index (χ1n) is 7.69. The van der Waals surface area contributed by atoms with Gasteiger partial charge in [0.15, 0.2) is 0 Å². The van der Waals surface area contributed by atoms with Crippen molar-refractivity contribution in [1.82, 2.24) is 4.90 Å². The average molecular weight is 291 g/mol. The molecule has 0 N–H and O–H groups in total. The van der Waals surface area contributed by atoms with Crippen LogP contribution in [0.2, 0.25) is 0 Å². The van der Waals surface area contributed by atoms with Crippen molar-refractivity contribution < 1.29 is 14.3 Å². The van der Waals surface area contributed by atoms with Crippen LogP contribution in [0.3, 0.4) is 0 Å². The highest BCUT2D eigenvalue weighted by Crippen LogP contribution is 2.27. The zero-order valence-electron chi connectivity index (χ0n) is 13.2. The molecule has 0 radical (unpaired) electrons. The topological polar surface area (TPSA) is 38.8 Å². The van der Waals surface area contributed by atoms with E-state index in [4.69, 9.17) is 9.47 Å². The number of ether oxygens (including phenoxy) is 2. The van der Waals surface area contributed by atoms with E-state index in [1.54, 1.807) is 7.11 Å². The molecule has 4 nitrogen and oxygen atoms in total. The maximum Gasteiger partial charge on any atom is 0.226 e. The van der Waals surface area contributed by atoms with Crippen molar-refractivity contribution in [3.63, 3.8) is 0 Å². The molecular formula is C17H25NO3. The Balaban J connectivity index is 2.13. The maximum absolute atomic E-state index is 12.7. The summed E-state index contributed by atoms with van der Waals surface area (Å²) in [5.41, 5.74) is 1.11. The van der Waals surface area contributed by atoms with Crippen molar-refractivity contribution in [3.8, 4) is 5.75 Å². The molecule has 4 heteroatoms. The van der Waals surface area contributed by atoms with Crippen molar-refractivity contribution in [3.05, 3.63) is 29.8 Å². The van der Waals surface area contributed by atoms with Gasteiger partial charge in [0.2, 0.25) is 5.91 Å². The van der Waals surface area contributed by atoms with Crippen LogP contribution in [0.15, 0.2) is 24.3 Å². The van der Waals surface area contributed by atoms with E-state index in [2.05, 4.69) is 6.92 Å². The van der Waals surface area contributed by atoms with Crippen LogP contribution in [0.25, 0.3) is 0 Å². The zero-order chi connectivity index (χ0) is 15.2. The molecule has 0 aliphatic carbocycles. The third-order valence-corrected chi connectivity index (χ3v) is 4.24. The number of methoxy groups -OCH3 is 1. The predicted octanol–water partition coefficient (Wildman–Crippen LogP) is 3.03. The van der Waals surface area contributed by atoms with E-state index in [-0.39, 0.29) is 17.9 Å². The lowest BCUT2D eigenvalue weighted by Gasteiger charge is -2.33. The van der Waals surface area contributed by atoms with E-state index >= 15 is 0 Å². The van der Waals surface area contributed by atoms with Gasteiger partial charge in [0.25, 0.3) is 0 Å². The van der Waals surface area contributed by atoms with Gasteiger partial charge in [-0.3, -0.25) is 4.79 Å². The molecule has 1 amide bonds. The number of hydrogen-bond acceptors (Lipinski definition) is 3. The summed E-state index contributed by atoms with van der Waals surface area (Å²) < 4.78 is 10.6. The lowest BCUT2D eigenvalue weighted by molar-refractivity contribution is -0.140. The molecule has 21 heavy (non-hydrogen) atoms. The van der Waals surface area contributed by atoms with Gasteiger partial charge in [0.05, 0.1) is 13.2 Å². The minimum absolute atomic E-state index is 0.0560. The number of benzene rings is 1. The number of hydrogen-bond donors (Lipinski definition) is 0. The summed E-state index contributed by atoms with van der Waals surface area (Å²) in [6, 6.07) is 8.00. The fourth-order valence-corrected chi connectivity index (χ4v) is 2.88. The Bertz CT molecular complexity index is 469. The molecule has 0 bridgehead atoms. The highest BCUT2D eigenvalue weighted by Gasteiger charge is 2.28. The highest BCUT2D eigenvalue weighted by molar-refractivity contribution is 5.79. The van der Waals surface area contributed by atoms with Gasteiger partial charge in [0, 0.05) is 25.7 Å². The Morgan fingerprint density at radius 1 is 1.43 bits per heavy atom. The number of carbonyl (C=O) groups excluding carboxylic acids is 1. The lowest BCUT2D eigenvalue weighted by Crippen LogP contribution is -2.40. The number of amides is 1. The molecule has 1 heterocycles. The number of nitrogens with zero attached hydrogens (tertiary/aromatic N) is 1. The number of carbonyl (C=O) groups is 1. The van der Waals surface area contributed by atoms with Crippen molar-refractivity contribution in [2.45, 2.75) is 32.7 Å². The largest absolute Gasteiger partial charge is 0.497 e. The predicted molar refractivity (Wildman–Crippen MR) is 82.3 cm³/mol. The Hall–Kier alpha value is -1.55. The average Bonchev–Trinajstić information content (AvgIpc) is 2.56. The van der Waals surface area contributed by atoms with Crippen molar-refractivity contribution in [1.29, 1.82) is 0 Å². The van der Waals surface area contributed by atoms with Gasteiger partial charge in [-0.25, -0.2) is 0 Å². The molecule has 1 saturated heterocycles. The molecule has 0 aromatic heterocycles. The summed E-state index contributed by atoms with van der Waals surface area (Å²) in [6.45, 7) is 6.22. The van der Waals surface area contributed by atoms with E-state index in [1.165, 1.54) is 0 Å². The van der Waals surface area contributed by atoms with Gasteiger partial charge in [-0.2, -0.15) is 0 Å². The van der Waals surface area contributed by atoms with Gasteiger partial charge in [-0.05, 0) is 44.4 Å². The first-order valence-corrected chi connectivity index (χ1v) is 7.69. The Labute approximate surface area is 127 Å². The van der Waals surface area contributed by atoms with E-state index in [0.29, 0.717) is 19.8 Å². The van der Waals surface area contributed by atoms with Gasteiger partial charge in [-0.1, -0.05) is 12.1 Å². The Kier molecular flexibility index (Phi) is 5.62. The summed E-state index contributed by atoms with van der Waals surface area (Å²) in [6.07, 6.45) is 1.67. The monoisotopic (exact) mass is 291 g/mol. The second-order valence-corrected chi connectivity index (χ2v) is 5.46. The van der Waals surface area contributed by atoms with Crippen LogP contribution in [0.5, 0.6) is 5.75 Å². The molecule has 1 aromatic rings. The second kappa shape index (κ2) is 7.46. The summed E-state index contributed by atoms with van der Waals surface area (Å²) in [7, 11) is 1.66. The first-order chi connectivity index (χ1) is 10.2. The highest BCUT2D eigenvalue weighted by atomic mass is 16.5. The minimum atomic E-state index is 0.0560. The van der Waals surface area contributed by atoms with Crippen LogP contribution < -0.4 is 4.74 Å². The third-order valence-electron chi connectivity index (χ3n) is 4.24.